The molecule has 2 heteroatoms. The van der Waals surface area contributed by atoms with Crippen molar-refractivity contribution >= 4 is 11.0 Å². The number of benzene rings is 1. The van der Waals surface area contributed by atoms with Crippen LogP contribution in [0, 0.1) is 13.8 Å². The molecule has 0 spiro atoms. The Hall–Kier alpha value is -1.28. The van der Waals surface area contributed by atoms with E-state index in [-0.39, 0.29) is 6.61 Å². The predicted molar refractivity (Wildman–Crippen MR) is 63.0 cm³/mol. The number of furan rings is 1. The van der Waals surface area contributed by atoms with Crippen molar-refractivity contribution in [3.8, 4) is 0 Å². The SMILES string of the molecule is CC.Cc1cc2cc(CO)cc(C)c2o1. The molecular formula is C13H18O2. The van der Waals surface area contributed by atoms with E-state index < -0.39 is 0 Å². The Morgan fingerprint density at radius 3 is 2.40 bits per heavy atom. The average Bonchev–Trinajstić information content (AvgIpc) is 2.62. The lowest BCUT2D eigenvalue weighted by Crippen LogP contribution is -1.84. The lowest BCUT2D eigenvalue weighted by molar-refractivity contribution is 0.282. The Labute approximate surface area is 90.5 Å². The predicted octanol–water partition coefficient (Wildman–Crippen LogP) is 3.57. The number of aryl methyl sites for hydroxylation is 2. The Kier molecular flexibility index (Phi) is 3.92. The van der Waals surface area contributed by atoms with Gasteiger partial charge in [-0.3, -0.25) is 0 Å². The zero-order valence-corrected chi connectivity index (χ0v) is 9.79. The van der Waals surface area contributed by atoms with E-state index in [1.54, 1.807) is 0 Å². The van der Waals surface area contributed by atoms with Gasteiger partial charge >= 0.3 is 0 Å². The molecule has 2 rings (SSSR count). The maximum Gasteiger partial charge on any atom is 0.137 e. The van der Waals surface area contributed by atoms with Crippen LogP contribution in [0.1, 0.15) is 30.7 Å². The molecule has 1 heterocycles. The third-order valence-corrected chi connectivity index (χ3v) is 2.17. The van der Waals surface area contributed by atoms with Crippen LogP contribution in [0.3, 0.4) is 0 Å². The second kappa shape index (κ2) is 4.99. The van der Waals surface area contributed by atoms with Crippen LogP contribution in [0.15, 0.2) is 22.6 Å². The zero-order valence-electron chi connectivity index (χ0n) is 9.79. The highest BCUT2D eigenvalue weighted by atomic mass is 16.3. The van der Waals surface area contributed by atoms with E-state index >= 15 is 0 Å². The molecule has 0 fully saturated rings. The molecule has 1 N–H and O–H groups in total. The van der Waals surface area contributed by atoms with Gasteiger partial charge in [0.15, 0.2) is 0 Å². The first-order valence-electron chi connectivity index (χ1n) is 5.31. The van der Waals surface area contributed by atoms with E-state index in [0.29, 0.717) is 0 Å². The number of aliphatic hydroxyl groups excluding tert-OH is 1. The molecule has 0 radical (unpaired) electrons. The minimum atomic E-state index is 0.0843. The summed E-state index contributed by atoms with van der Waals surface area (Å²) in [7, 11) is 0. The van der Waals surface area contributed by atoms with Crippen LogP contribution in [-0.4, -0.2) is 5.11 Å². The summed E-state index contributed by atoms with van der Waals surface area (Å²) >= 11 is 0. The number of hydrogen-bond acceptors (Lipinski definition) is 2. The minimum Gasteiger partial charge on any atom is -0.461 e. The summed E-state index contributed by atoms with van der Waals surface area (Å²) in [5.41, 5.74) is 2.94. The molecule has 0 saturated heterocycles. The van der Waals surface area contributed by atoms with Crippen molar-refractivity contribution < 1.29 is 9.52 Å². The third kappa shape index (κ3) is 2.39. The standard InChI is InChI=1S/C11H12O2.C2H6/c1-7-3-9(6-12)5-10-4-8(2)13-11(7)10;1-2/h3-5,12H,6H2,1-2H3;1-2H3. The van der Waals surface area contributed by atoms with Gasteiger partial charge < -0.3 is 9.52 Å². The summed E-state index contributed by atoms with van der Waals surface area (Å²) in [6.45, 7) is 8.00. The largest absolute Gasteiger partial charge is 0.461 e. The van der Waals surface area contributed by atoms with E-state index in [2.05, 4.69) is 0 Å². The van der Waals surface area contributed by atoms with E-state index in [0.717, 1.165) is 27.9 Å². The second-order valence-electron chi connectivity index (χ2n) is 3.35. The van der Waals surface area contributed by atoms with Crippen LogP contribution in [-0.2, 0) is 6.61 Å². The van der Waals surface area contributed by atoms with Gasteiger partial charge in [-0.15, -0.1) is 0 Å². The first kappa shape index (κ1) is 11.8. The summed E-state index contributed by atoms with van der Waals surface area (Å²) in [6.07, 6.45) is 0. The van der Waals surface area contributed by atoms with Gasteiger partial charge in [-0.2, -0.15) is 0 Å². The van der Waals surface area contributed by atoms with Crippen molar-refractivity contribution in [3.05, 3.63) is 35.1 Å². The van der Waals surface area contributed by atoms with Crippen molar-refractivity contribution in [2.45, 2.75) is 34.3 Å². The lowest BCUT2D eigenvalue weighted by atomic mass is 10.1. The zero-order chi connectivity index (χ0) is 11.4. The number of hydrogen-bond donors (Lipinski definition) is 1. The van der Waals surface area contributed by atoms with Gasteiger partial charge in [-0.25, -0.2) is 0 Å². The smallest absolute Gasteiger partial charge is 0.137 e. The van der Waals surface area contributed by atoms with Gasteiger partial charge in [0, 0.05) is 5.39 Å². The third-order valence-electron chi connectivity index (χ3n) is 2.17. The normalized spacial score (nSPS) is 9.93. The summed E-state index contributed by atoms with van der Waals surface area (Å²) < 4.78 is 5.52. The molecule has 0 atom stereocenters. The van der Waals surface area contributed by atoms with Crippen molar-refractivity contribution in [2.75, 3.05) is 0 Å². The van der Waals surface area contributed by atoms with Crippen LogP contribution in [0.2, 0.25) is 0 Å². The Balaban J connectivity index is 0.000000531. The Morgan fingerprint density at radius 2 is 1.80 bits per heavy atom. The van der Waals surface area contributed by atoms with Crippen molar-refractivity contribution in [2.24, 2.45) is 0 Å². The minimum absolute atomic E-state index is 0.0843. The van der Waals surface area contributed by atoms with Crippen LogP contribution in [0.25, 0.3) is 11.0 Å². The van der Waals surface area contributed by atoms with E-state index in [1.807, 2.05) is 45.9 Å². The molecule has 1 aromatic carbocycles. The molecule has 0 amide bonds. The molecule has 2 aromatic rings. The van der Waals surface area contributed by atoms with Crippen molar-refractivity contribution in [1.29, 1.82) is 0 Å². The van der Waals surface area contributed by atoms with Gasteiger partial charge in [0.25, 0.3) is 0 Å². The summed E-state index contributed by atoms with van der Waals surface area (Å²) in [5, 5.41) is 10.1. The van der Waals surface area contributed by atoms with Crippen LogP contribution in [0.4, 0.5) is 0 Å². The molecule has 82 valence electrons. The van der Waals surface area contributed by atoms with Crippen LogP contribution < -0.4 is 0 Å². The molecule has 0 aliphatic heterocycles. The van der Waals surface area contributed by atoms with Gasteiger partial charge in [0.2, 0.25) is 0 Å². The van der Waals surface area contributed by atoms with E-state index in [9.17, 15) is 0 Å². The molecule has 0 unspecified atom stereocenters. The molecule has 0 aliphatic rings. The molecule has 0 bridgehead atoms. The molecular weight excluding hydrogens is 188 g/mol. The van der Waals surface area contributed by atoms with Gasteiger partial charge in [-0.1, -0.05) is 19.9 Å². The average molecular weight is 206 g/mol. The summed E-state index contributed by atoms with van der Waals surface area (Å²) in [4.78, 5) is 0. The second-order valence-corrected chi connectivity index (χ2v) is 3.35. The maximum atomic E-state index is 9.00. The molecule has 0 saturated carbocycles. The van der Waals surface area contributed by atoms with Crippen LogP contribution >= 0.6 is 0 Å². The quantitative estimate of drug-likeness (QED) is 0.773. The fourth-order valence-electron chi connectivity index (χ4n) is 1.63. The van der Waals surface area contributed by atoms with E-state index in [4.69, 9.17) is 9.52 Å². The fourth-order valence-corrected chi connectivity index (χ4v) is 1.63. The first-order chi connectivity index (χ1) is 7.20. The molecule has 15 heavy (non-hydrogen) atoms. The maximum absolute atomic E-state index is 9.00. The number of aliphatic hydroxyl groups is 1. The number of fused-ring (bicyclic) bond motifs is 1. The van der Waals surface area contributed by atoms with E-state index in [1.165, 1.54) is 0 Å². The first-order valence-corrected chi connectivity index (χ1v) is 5.31. The fraction of sp³-hybridized carbons (Fsp3) is 0.385. The molecule has 2 nitrogen and oxygen atoms in total. The summed E-state index contributed by atoms with van der Waals surface area (Å²) in [5.74, 6) is 0.910. The highest BCUT2D eigenvalue weighted by Crippen LogP contribution is 2.24. The highest BCUT2D eigenvalue weighted by Gasteiger charge is 2.04. The lowest BCUT2D eigenvalue weighted by Gasteiger charge is -1.98. The topological polar surface area (TPSA) is 33.4 Å². The highest BCUT2D eigenvalue weighted by molar-refractivity contribution is 5.81. The van der Waals surface area contributed by atoms with Crippen LogP contribution in [0.5, 0.6) is 0 Å². The molecule has 1 aromatic heterocycles. The van der Waals surface area contributed by atoms with Crippen molar-refractivity contribution in [1.82, 2.24) is 0 Å². The Morgan fingerprint density at radius 1 is 1.13 bits per heavy atom. The van der Waals surface area contributed by atoms with Gasteiger partial charge in [0.1, 0.15) is 11.3 Å². The monoisotopic (exact) mass is 206 g/mol. The Bertz CT molecular complexity index is 441. The summed E-state index contributed by atoms with van der Waals surface area (Å²) in [6, 6.07) is 5.89. The van der Waals surface area contributed by atoms with Gasteiger partial charge in [-0.05, 0) is 37.1 Å². The van der Waals surface area contributed by atoms with Gasteiger partial charge in [0.05, 0.1) is 6.61 Å². The van der Waals surface area contributed by atoms with Crippen molar-refractivity contribution in [3.63, 3.8) is 0 Å². The number of rotatable bonds is 1. The molecule has 0 aliphatic carbocycles.